The maximum Gasteiger partial charge on any atom is 0.796 e. The Bertz CT molecular complexity index is 1360. The summed E-state index contributed by atoms with van der Waals surface area (Å²) in [6.07, 6.45) is 1.59. The summed E-state index contributed by atoms with van der Waals surface area (Å²) in [5.41, 5.74) is 2.15. The smallest absolute Gasteiger partial charge is 0.505 e. The minimum Gasteiger partial charge on any atom is -0.505 e. The molecule has 5 aromatic carbocycles. The molecule has 0 radical (unpaired) electrons. The lowest BCUT2D eigenvalue weighted by atomic mass is 9.93. The van der Waals surface area contributed by atoms with Crippen molar-refractivity contribution in [2.45, 2.75) is 6.92 Å². The minimum atomic E-state index is -2.88. The summed E-state index contributed by atoms with van der Waals surface area (Å²) in [4.78, 5) is 4.63. The SMILES string of the molecule is Cc1ccc(C=Nc2ccc3ccc4cccc5ccc2c3c45)c(OB(F)F)c1. The average Bonchev–Trinajstić information content (AvgIpc) is 2.71. The zero-order valence-corrected chi connectivity index (χ0v) is 15.7. The van der Waals surface area contributed by atoms with Crippen LogP contribution in [-0.2, 0) is 0 Å². The van der Waals surface area contributed by atoms with Crippen LogP contribution < -0.4 is 4.65 Å². The molecule has 0 spiro atoms. The monoisotopic (exact) mass is 383 g/mol. The van der Waals surface area contributed by atoms with Crippen molar-refractivity contribution < 1.29 is 13.3 Å². The summed E-state index contributed by atoms with van der Waals surface area (Å²) in [6, 6.07) is 23.9. The van der Waals surface area contributed by atoms with Gasteiger partial charge in [-0.3, -0.25) is 4.99 Å². The van der Waals surface area contributed by atoms with Gasteiger partial charge in [0.1, 0.15) is 5.75 Å². The van der Waals surface area contributed by atoms with E-state index in [1.54, 1.807) is 18.3 Å². The molecule has 0 heterocycles. The van der Waals surface area contributed by atoms with Gasteiger partial charge in [-0.2, -0.15) is 0 Å². The number of benzene rings is 5. The number of nitrogens with zero attached hydrogens (tertiary/aromatic N) is 1. The van der Waals surface area contributed by atoms with Crippen LogP contribution in [0.3, 0.4) is 0 Å². The third kappa shape index (κ3) is 3.09. The fourth-order valence-electron chi connectivity index (χ4n) is 3.92. The van der Waals surface area contributed by atoms with Gasteiger partial charge in [0, 0.05) is 17.2 Å². The van der Waals surface area contributed by atoms with Gasteiger partial charge in [0.05, 0.1) is 5.69 Å². The lowest BCUT2D eigenvalue weighted by Crippen LogP contribution is -2.10. The van der Waals surface area contributed by atoms with Crippen LogP contribution in [0.15, 0.2) is 77.8 Å². The highest BCUT2D eigenvalue weighted by atomic mass is 19.2. The van der Waals surface area contributed by atoms with Crippen LogP contribution >= 0.6 is 0 Å². The van der Waals surface area contributed by atoms with E-state index in [4.69, 9.17) is 0 Å². The van der Waals surface area contributed by atoms with Gasteiger partial charge in [-0.05, 0) is 57.6 Å². The summed E-state index contributed by atoms with van der Waals surface area (Å²) in [6.45, 7) is 1.83. The van der Waals surface area contributed by atoms with Gasteiger partial charge in [0.15, 0.2) is 0 Å². The zero-order valence-electron chi connectivity index (χ0n) is 15.7. The molecule has 0 unspecified atom stereocenters. The maximum atomic E-state index is 12.8. The predicted molar refractivity (Wildman–Crippen MR) is 117 cm³/mol. The van der Waals surface area contributed by atoms with E-state index in [1.165, 1.54) is 21.5 Å². The second-order valence-corrected chi connectivity index (χ2v) is 7.12. The summed E-state index contributed by atoms with van der Waals surface area (Å²) >= 11 is 0. The average molecular weight is 383 g/mol. The first-order chi connectivity index (χ1) is 14.1. The fraction of sp³-hybridized carbons (Fsp3) is 0.0417. The Morgan fingerprint density at radius 3 is 2.28 bits per heavy atom. The fourth-order valence-corrected chi connectivity index (χ4v) is 3.92. The second kappa shape index (κ2) is 6.85. The molecule has 0 aliphatic rings. The molecule has 0 atom stereocenters. The quantitative estimate of drug-likeness (QED) is 0.187. The van der Waals surface area contributed by atoms with Crippen molar-refractivity contribution in [2.75, 3.05) is 0 Å². The molecule has 29 heavy (non-hydrogen) atoms. The molecule has 5 aromatic rings. The molecule has 0 saturated carbocycles. The Balaban J connectivity index is 1.67. The van der Waals surface area contributed by atoms with Crippen LogP contribution in [0.25, 0.3) is 32.3 Å². The molecule has 0 N–H and O–H groups in total. The van der Waals surface area contributed by atoms with Gasteiger partial charge in [-0.25, -0.2) is 8.63 Å². The van der Waals surface area contributed by atoms with E-state index < -0.39 is 7.47 Å². The van der Waals surface area contributed by atoms with Gasteiger partial charge in [0.2, 0.25) is 0 Å². The van der Waals surface area contributed by atoms with Crippen LogP contribution in [0.2, 0.25) is 0 Å². The van der Waals surface area contributed by atoms with Gasteiger partial charge < -0.3 is 4.65 Å². The number of rotatable bonds is 4. The number of hydrogen-bond acceptors (Lipinski definition) is 2. The van der Waals surface area contributed by atoms with Crippen LogP contribution in [0.1, 0.15) is 11.1 Å². The molecule has 5 heteroatoms. The second-order valence-electron chi connectivity index (χ2n) is 7.12. The molecular formula is C24H16BF2NO. The lowest BCUT2D eigenvalue weighted by molar-refractivity contribution is 0.425. The Morgan fingerprint density at radius 2 is 1.52 bits per heavy atom. The number of halogens is 2. The summed E-state index contributed by atoms with van der Waals surface area (Å²) in [5, 5.41) is 6.95. The predicted octanol–water partition coefficient (Wildman–Crippen LogP) is 6.95. The summed E-state index contributed by atoms with van der Waals surface area (Å²) < 4.78 is 30.2. The molecule has 0 amide bonds. The molecule has 0 aliphatic carbocycles. The summed E-state index contributed by atoms with van der Waals surface area (Å²) in [5.74, 6) is 0.126. The molecular weight excluding hydrogens is 367 g/mol. The minimum absolute atomic E-state index is 0.126. The van der Waals surface area contributed by atoms with Crippen LogP contribution in [0.4, 0.5) is 14.3 Å². The first-order valence-electron chi connectivity index (χ1n) is 9.36. The van der Waals surface area contributed by atoms with Crippen LogP contribution in [-0.4, -0.2) is 13.7 Å². The number of aryl methyl sites for hydroxylation is 1. The highest BCUT2D eigenvalue weighted by Crippen LogP contribution is 2.38. The molecule has 0 aromatic heterocycles. The normalized spacial score (nSPS) is 11.8. The maximum absolute atomic E-state index is 12.8. The van der Waals surface area contributed by atoms with E-state index in [9.17, 15) is 8.63 Å². The van der Waals surface area contributed by atoms with E-state index in [2.05, 4.69) is 52.1 Å². The van der Waals surface area contributed by atoms with Crippen LogP contribution in [0, 0.1) is 6.92 Å². The Labute approximate surface area is 167 Å². The van der Waals surface area contributed by atoms with Gasteiger partial charge >= 0.3 is 7.47 Å². The zero-order chi connectivity index (χ0) is 20.0. The van der Waals surface area contributed by atoms with Crippen molar-refractivity contribution in [1.29, 1.82) is 0 Å². The van der Waals surface area contributed by atoms with Crippen molar-refractivity contribution in [3.63, 3.8) is 0 Å². The third-order valence-electron chi connectivity index (χ3n) is 5.23. The standard InChI is InChI=1S/C24H16BF2NO/c1-15-5-6-19(22(13-15)29-25(26)27)14-28-21-12-10-18-8-7-16-3-2-4-17-9-11-20(21)24(18)23(16)17/h2-14H,1H3. The van der Waals surface area contributed by atoms with Crippen molar-refractivity contribution >= 4 is 51.7 Å². The molecule has 0 fully saturated rings. The largest absolute Gasteiger partial charge is 0.796 e. The lowest BCUT2D eigenvalue weighted by Gasteiger charge is -2.12. The van der Waals surface area contributed by atoms with E-state index in [0.29, 0.717) is 5.56 Å². The Kier molecular flexibility index (Phi) is 4.16. The highest BCUT2D eigenvalue weighted by molar-refractivity contribution is 6.35. The first-order valence-corrected chi connectivity index (χ1v) is 9.36. The number of aliphatic imine (C=N–C) groups is 1. The van der Waals surface area contributed by atoms with Crippen molar-refractivity contribution in [2.24, 2.45) is 4.99 Å². The van der Waals surface area contributed by atoms with Gasteiger partial charge in [-0.1, -0.05) is 54.6 Å². The van der Waals surface area contributed by atoms with Crippen molar-refractivity contribution in [1.82, 2.24) is 0 Å². The van der Waals surface area contributed by atoms with E-state index in [0.717, 1.165) is 22.0 Å². The van der Waals surface area contributed by atoms with Gasteiger partial charge in [-0.15, -0.1) is 0 Å². The molecule has 5 rings (SSSR count). The third-order valence-corrected chi connectivity index (χ3v) is 5.23. The first kappa shape index (κ1) is 17.6. The van der Waals surface area contributed by atoms with Gasteiger partial charge in [0.25, 0.3) is 0 Å². The molecule has 140 valence electrons. The topological polar surface area (TPSA) is 21.6 Å². The number of hydrogen-bond donors (Lipinski definition) is 0. The van der Waals surface area contributed by atoms with E-state index in [1.807, 2.05) is 25.1 Å². The molecule has 2 nitrogen and oxygen atoms in total. The Morgan fingerprint density at radius 1 is 0.828 bits per heavy atom. The summed E-state index contributed by atoms with van der Waals surface area (Å²) in [7, 11) is -2.88. The molecule has 0 saturated heterocycles. The van der Waals surface area contributed by atoms with Crippen LogP contribution in [0.5, 0.6) is 5.75 Å². The van der Waals surface area contributed by atoms with Crippen molar-refractivity contribution in [3.8, 4) is 5.75 Å². The Hall–Kier alpha value is -3.47. The molecule has 0 bridgehead atoms. The van der Waals surface area contributed by atoms with Crippen molar-refractivity contribution in [3.05, 3.63) is 83.9 Å². The highest BCUT2D eigenvalue weighted by Gasteiger charge is 2.19. The van der Waals surface area contributed by atoms with E-state index >= 15 is 0 Å². The van der Waals surface area contributed by atoms with E-state index in [-0.39, 0.29) is 5.75 Å². The molecule has 0 aliphatic heterocycles.